The number of carboxylic acids is 1. The van der Waals surface area contributed by atoms with Gasteiger partial charge in [0.25, 0.3) is 0 Å². The topological polar surface area (TPSA) is 57.6 Å². The minimum atomic E-state index is -0.833. The molecule has 1 N–H and O–H groups in total. The monoisotopic (exact) mass is 281 g/mol. The molecule has 0 aromatic rings. The molecule has 0 radical (unpaired) electrons. The van der Waals surface area contributed by atoms with Crippen molar-refractivity contribution in [1.82, 2.24) is 4.90 Å². The zero-order valence-electron chi connectivity index (χ0n) is 12.6. The summed E-state index contributed by atoms with van der Waals surface area (Å²) < 4.78 is 0. The maximum Gasteiger partial charge on any atom is 0.310 e. The third-order valence-electron chi connectivity index (χ3n) is 4.33. The number of amides is 1. The molecule has 1 amide bonds. The van der Waals surface area contributed by atoms with Crippen LogP contribution >= 0.6 is 0 Å². The maximum absolute atomic E-state index is 12.3. The van der Waals surface area contributed by atoms with Gasteiger partial charge in [-0.05, 0) is 25.7 Å². The smallest absolute Gasteiger partial charge is 0.310 e. The van der Waals surface area contributed by atoms with E-state index >= 15 is 0 Å². The summed E-state index contributed by atoms with van der Waals surface area (Å²) in [5, 5.41) is 9.57. The van der Waals surface area contributed by atoms with Crippen molar-refractivity contribution in [2.45, 2.75) is 57.8 Å². The van der Waals surface area contributed by atoms with Crippen LogP contribution in [0, 0.1) is 5.41 Å². The molecule has 114 valence electrons. The van der Waals surface area contributed by atoms with E-state index in [-0.39, 0.29) is 12.3 Å². The van der Waals surface area contributed by atoms with Crippen LogP contribution in [0.2, 0.25) is 0 Å². The number of nitrogens with zero attached hydrogens (tertiary/aromatic N) is 1. The lowest BCUT2D eigenvalue weighted by molar-refractivity contribution is -0.154. The van der Waals surface area contributed by atoms with Crippen molar-refractivity contribution >= 4 is 11.9 Å². The van der Waals surface area contributed by atoms with Crippen molar-refractivity contribution in [2.75, 3.05) is 13.6 Å². The van der Waals surface area contributed by atoms with E-state index in [1.807, 2.05) is 6.08 Å². The Morgan fingerprint density at radius 1 is 1.25 bits per heavy atom. The second-order valence-corrected chi connectivity index (χ2v) is 5.92. The number of carbonyl (C=O) groups excluding carboxylic acids is 1. The molecule has 1 fully saturated rings. The number of rotatable bonds is 7. The third kappa shape index (κ3) is 4.66. The van der Waals surface area contributed by atoms with Crippen LogP contribution < -0.4 is 0 Å². The molecule has 0 heterocycles. The largest absolute Gasteiger partial charge is 0.481 e. The second-order valence-electron chi connectivity index (χ2n) is 5.92. The van der Waals surface area contributed by atoms with Crippen molar-refractivity contribution in [2.24, 2.45) is 5.41 Å². The van der Waals surface area contributed by atoms with Crippen LogP contribution in [0.4, 0.5) is 0 Å². The van der Waals surface area contributed by atoms with Gasteiger partial charge in [-0.1, -0.05) is 31.8 Å². The molecule has 1 aliphatic carbocycles. The number of carboxylic acid groups (broad SMARTS) is 1. The van der Waals surface area contributed by atoms with Gasteiger partial charge in [0.1, 0.15) is 0 Å². The highest BCUT2D eigenvalue weighted by Gasteiger charge is 2.41. The van der Waals surface area contributed by atoms with Crippen LogP contribution in [-0.4, -0.2) is 35.5 Å². The first-order valence-electron chi connectivity index (χ1n) is 7.60. The van der Waals surface area contributed by atoms with E-state index in [2.05, 4.69) is 6.58 Å². The number of carbonyl (C=O) groups is 2. The summed E-state index contributed by atoms with van der Waals surface area (Å²) in [4.78, 5) is 25.6. The SMILES string of the molecule is C=CCCCN(C)C(=O)CC1(C(=O)O)CCCCCC1. The van der Waals surface area contributed by atoms with E-state index in [1.54, 1.807) is 11.9 Å². The number of hydrogen-bond donors (Lipinski definition) is 1. The molecule has 0 atom stereocenters. The van der Waals surface area contributed by atoms with Crippen molar-refractivity contribution in [3.63, 3.8) is 0 Å². The zero-order chi connectivity index (χ0) is 15.0. The number of aliphatic carboxylic acids is 1. The summed E-state index contributed by atoms with van der Waals surface area (Å²) in [6.07, 6.45) is 9.00. The van der Waals surface area contributed by atoms with Gasteiger partial charge in [0.05, 0.1) is 5.41 Å². The molecule has 20 heavy (non-hydrogen) atoms. The molecule has 1 rings (SSSR count). The Kier molecular flexibility index (Phi) is 6.76. The van der Waals surface area contributed by atoms with Crippen molar-refractivity contribution in [1.29, 1.82) is 0 Å². The first-order valence-corrected chi connectivity index (χ1v) is 7.60. The Morgan fingerprint density at radius 3 is 2.35 bits per heavy atom. The predicted octanol–water partition coefficient (Wildman–Crippen LogP) is 3.23. The molecule has 0 unspecified atom stereocenters. The van der Waals surface area contributed by atoms with E-state index in [4.69, 9.17) is 0 Å². The van der Waals surface area contributed by atoms with Gasteiger partial charge in [0, 0.05) is 20.0 Å². The van der Waals surface area contributed by atoms with Crippen LogP contribution in [0.15, 0.2) is 12.7 Å². The molecule has 0 aliphatic heterocycles. The average Bonchev–Trinajstić information content (AvgIpc) is 2.65. The Bertz CT molecular complexity index is 344. The van der Waals surface area contributed by atoms with Crippen LogP contribution in [0.25, 0.3) is 0 Å². The van der Waals surface area contributed by atoms with Crippen molar-refractivity contribution in [3.05, 3.63) is 12.7 Å². The normalized spacial score (nSPS) is 18.1. The van der Waals surface area contributed by atoms with Crippen molar-refractivity contribution < 1.29 is 14.7 Å². The Morgan fingerprint density at radius 2 is 1.85 bits per heavy atom. The summed E-state index contributed by atoms with van der Waals surface area (Å²) in [5.41, 5.74) is -0.833. The zero-order valence-corrected chi connectivity index (χ0v) is 12.6. The summed E-state index contributed by atoms with van der Waals surface area (Å²) >= 11 is 0. The second kappa shape index (κ2) is 8.08. The molecule has 0 spiro atoms. The lowest BCUT2D eigenvalue weighted by atomic mass is 9.77. The first-order chi connectivity index (χ1) is 9.52. The van der Waals surface area contributed by atoms with E-state index in [0.717, 1.165) is 38.5 Å². The number of unbranched alkanes of at least 4 members (excludes halogenated alkanes) is 1. The van der Waals surface area contributed by atoms with Gasteiger partial charge >= 0.3 is 5.97 Å². The Hall–Kier alpha value is -1.32. The molecule has 1 saturated carbocycles. The van der Waals surface area contributed by atoms with E-state index in [1.165, 1.54) is 0 Å². The highest BCUT2D eigenvalue weighted by molar-refractivity contribution is 5.84. The van der Waals surface area contributed by atoms with E-state index in [9.17, 15) is 14.7 Å². The summed E-state index contributed by atoms with van der Waals surface area (Å²) in [5.74, 6) is -0.842. The lowest BCUT2D eigenvalue weighted by Gasteiger charge is -2.29. The van der Waals surface area contributed by atoms with Gasteiger partial charge in [-0.3, -0.25) is 9.59 Å². The van der Waals surface area contributed by atoms with E-state index in [0.29, 0.717) is 19.4 Å². The summed E-state index contributed by atoms with van der Waals surface area (Å²) in [6.45, 7) is 4.33. The van der Waals surface area contributed by atoms with Crippen LogP contribution in [-0.2, 0) is 9.59 Å². The molecular weight excluding hydrogens is 254 g/mol. The van der Waals surface area contributed by atoms with Gasteiger partial charge in [0.15, 0.2) is 0 Å². The predicted molar refractivity (Wildman–Crippen MR) is 79.5 cm³/mol. The standard InChI is InChI=1S/C16H27NO3/c1-3-4-9-12-17(2)14(18)13-16(15(19)20)10-7-5-6-8-11-16/h3H,1,4-13H2,2H3,(H,19,20). The molecule has 0 saturated heterocycles. The number of hydrogen-bond acceptors (Lipinski definition) is 2. The molecule has 0 bridgehead atoms. The van der Waals surface area contributed by atoms with Gasteiger partial charge in [-0.25, -0.2) is 0 Å². The molecule has 0 aromatic heterocycles. The van der Waals surface area contributed by atoms with Gasteiger partial charge in [0.2, 0.25) is 5.91 Å². The van der Waals surface area contributed by atoms with Crippen LogP contribution in [0.1, 0.15) is 57.8 Å². The maximum atomic E-state index is 12.3. The minimum absolute atomic E-state index is 0.0432. The van der Waals surface area contributed by atoms with E-state index < -0.39 is 11.4 Å². The van der Waals surface area contributed by atoms with Crippen LogP contribution in [0.3, 0.4) is 0 Å². The van der Waals surface area contributed by atoms with Gasteiger partial charge in [-0.2, -0.15) is 0 Å². The fraction of sp³-hybridized carbons (Fsp3) is 0.750. The van der Waals surface area contributed by atoms with Gasteiger partial charge < -0.3 is 10.0 Å². The molecular formula is C16H27NO3. The van der Waals surface area contributed by atoms with Crippen LogP contribution in [0.5, 0.6) is 0 Å². The lowest BCUT2D eigenvalue weighted by Crippen LogP contribution is -2.38. The fourth-order valence-corrected chi connectivity index (χ4v) is 2.89. The molecule has 0 aromatic carbocycles. The third-order valence-corrected chi connectivity index (χ3v) is 4.33. The first kappa shape index (κ1) is 16.7. The van der Waals surface area contributed by atoms with Gasteiger partial charge in [-0.15, -0.1) is 6.58 Å². The quantitative estimate of drug-likeness (QED) is 0.443. The van der Waals surface area contributed by atoms with Crippen molar-refractivity contribution in [3.8, 4) is 0 Å². The molecule has 1 aliphatic rings. The highest BCUT2D eigenvalue weighted by atomic mass is 16.4. The average molecular weight is 281 g/mol. The summed E-state index contributed by atoms with van der Waals surface area (Å²) in [6, 6.07) is 0. The Balaban J connectivity index is 2.62. The molecule has 4 nitrogen and oxygen atoms in total. The summed E-state index contributed by atoms with van der Waals surface area (Å²) in [7, 11) is 1.76. The Labute approximate surface area is 121 Å². The minimum Gasteiger partial charge on any atom is -0.481 e. The number of allylic oxidation sites excluding steroid dienone is 1. The molecule has 4 heteroatoms. The fourth-order valence-electron chi connectivity index (χ4n) is 2.89. The highest BCUT2D eigenvalue weighted by Crippen LogP contribution is 2.38.